The molecule has 3 nitrogen and oxygen atoms in total. The zero-order chi connectivity index (χ0) is 15.6. The second-order valence-corrected chi connectivity index (χ2v) is 8.33. The number of hydrogen-bond acceptors (Lipinski definition) is 3. The molecule has 1 saturated carbocycles. The Balaban J connectivity index is 2.62. The van der Waals surface area contributed by atoms with Crippen molar-refractivity contribution >= 4 is 0 Å². The summed E-state index contributed by atoms with van der Waals surface area (Å²) in [6.45, 7) is 13.7. The standard InChI is InChI=1S/C17H37N3/c1-14(2)15(12-18-16(3,4)5)20(8)13-17(19(6)7)10-9-11-17/h14-15,18H,9-13H2,1-8H3. The van der Waals surface area contributed by atoms with Gasteiger partial charge in [0.05, 0.1) is 0 Å². The van der Waals surface area contributed by atoms with Gasteiger partial charge in [0.15, 0.2) is 0 Å². The van der Waals surface area contributed by atoms with Gasteiger partial charge in [-0.2, -0.15) is 0 Å². The van der Waals surface area contributed by atoms with Gasteiger partial charge in [-0.05, 0) is 67.1 Å². The van der Waals surface area contributed by atoms with Gasteiger partial charge in [0.2, 0.25) is 0 Å². The van der Waals surface area contributed by atoms with E-state index in [2.05, 4.69) is 70.9 Å². The third-order valence-corrected chi connectivity index (χ3v) is 4.95. The lowest BCUT2D eigenvalue weighted by molar-refractivity contribution is 0.00907. The quantitative estimate of drug-likeness (QED) is 0.775. The smallest absolute Gasteiger partial charge is 0.0330 e. The Labute approximate surface area is 127 Å². The summed E-state index contributed by atoms with van der Waals surface area (Å²) in [5.74, 6) is 0.675. The first-order chi connectivity index (χ1) is 9.07. The Kier molecular flexibility index (Phi) is 6.06. The van der Waals surface area contributed by atoms with E-state index in [-0.39, 0.29) is 5.54 Å². The molecular formula is C17H37N3. The largest absolute Gasteiger partial charge is 0.311 e. The fourth-order valence-electron chi connectivity index (χ4n) is 3.22. The van der Waals surface area contributed by atoms with E-state index in [1.165, 1.54) is 25.8 Å². The van der Waals surface area contributed by atoms with Crippen LogP contribution in [0.25, 0.3) is 0 Å². The lowest BCUT2D eigenvalue weighted by atomic mass is 9.75. The van der Waals surface area contributed by atoms with Crippen molar-refractivity contribution in [3.63, 3.8) is 0 Å². The van der Waals surface area contributed by atoms with Gasteiger partial charge in [0.1, 0.15) is 0 Å². The van der Waals surface area contributed by atoms with Crippen LogP contribution in [0.5, 0.6) is 0 Å². The van der Waals surface area contributed by atoms with Gasteiger partial charge in [-0.15, -0.1) is 0 Å². The molecule has 1 atom stereocenters. The van der Waals surface area contributed by atoms with E-state index in [0.717, 1.165) is 6.54 Å². The molecule has 0 spiro atoms. The zero-order valence-electron chi connectivity index (χ0n) is 15.1. The lowest BCUT2D eigenvalue weighted by Crippen LogP contribution is -2.60. The van der Waals surface area contributed by atoms with Crippen LogP contribution in [0.15, 0.2) is 0 Å². The zero-order valence-corrected chi connectivity index (χ0v) is 15.1. The highest BCUT2D eigenvalue weighted by molar-refractivity contribution is 4.99. The van der Waals surface area contributed by atoms with Crippen LogP contribution in [0.4, 0.5) is 0 Å². The minimum absolute atomic E-state index is 0.198. The van der Waals surface area contributed by atoms with Crippen LogP contribution < -0.4 is 5.32 Å². The Morgan fingerprint density at radius 1 is 1.10 bits per heavy atom. The highest BCUT2D eigenvalue weighted by Gasteiger charge is 2.41. The number of nitrogens with one attached hydrogen (secondary N) is 1. The Morgan fingerprint density at radius 2 is 1.65 bits per heavy atom. The summed E-state index contributed by atoms with van der Waals surface area (Å²) in [4.78, 5) is 5.03. The fraction of sp³-hybridized carbons (Fsp3) is 1.00. The monoisotopic (exact) mass is 283 g/mol. The average molecular weight is 284 g/mol. The van der Waals surface area contributed by atoms with E-state index < -0.39 is 0 Å². The van der Waals surface area contributed by atoms with Gasteiger partial charge < -0.3 is 15.1 Å². The van der Waals surface area contributed by atoms with Crippen molar-refractivity contribution in [1.29, 1.82) is 0 Å². The van der Waals surface area contributed by atoms with E-state index in [9.17, 15) is 0 Å². The first-order valence-electron chi connectivity index (χ1n) is 8.20. The van der Waals surface area contributed by atoms with Gasteiger partial charge in [0, 0.05) is 30.2 Å². The average Bonchev–Trinajstić information content (AvgIpc) is 2.20. The molecule has 0 aromatic rings. The highest BCUT2D eigenvalue weighted by Crippen LogP contribution is 2.37. The van der Waals surface area contributed by atoms with E-state index in [1.54, 1.807) is 0 Å². The summed E-state index contributed by atoms with van der Waals surface area (Å²) >= 11 is 0. The van der Waals surface area contributed by atoms with Gasteiger partial charge >= 0.3 is 0 Å². The van der Waals surface area contributed by atoms with Crippen LogP contribution in [-0.2, 0) is 0 Å². The second-order valence-electron chi connectivity index (χ2n) is 8.33. The summed E-state index contributed by atoms with van der Waals surface area (Å²) in [5.41, 5.74) is 0.618. The molecule has 0 amide bonds. The van der Waals surface area contributed by atoms with Crippen molar-refractivity contribution in [1.82, 2.24) is 15.1 Å². The molecule has 0 aromatic carbocycles. The van der Waals surface area contributed by atoms with E-state index in [1.807, 2.05) is 0 Å². The minimum Gasteiger partial charge on any atom is -0.311 e. The number of nitrogens with zero attached hydrogens (tertiary/aromatic N) is 2. The molecule has 0 saturated heterocycles. The predicted molar refractivity (Wildman–Crippen MR) is 89.3 cm³/mol. The molecule has 0 bridgehead atoms. The molecule has 1 unspecified atom stereocenters. The van der Waals surface area contributed by atoms with Crippen LogP contribution in [0.3, 0.4) is 0 Å². The van der Waals surface area contributed by atoms with Gasteiger partial charge in [-0.3, -0.25) is 0 Å². The maximum absolute atomic E-state index is 3.68. The van der Waals surface area contributed by atoms with Crippen LogP contribution in [0.1, 0.15) is 53.9 Å². The molecule has 3 heteroatoms. The van der Waals surface area contributed by atoms with Crippen LogP contribution in [0, 0.1) is 5.92 Å². The molecule has 1 fully saturated rings. The normalized spacial score (nSPS) is 20.6. The Morgan fingerprint density at radius 3 is 1.95 bits per heavy atom. The topological polar surface area (TPSA) is 18.5 Å². The minimum atomic E-state index is 0.198. The van der Waals surface area contributed by atoms with Crippen LogP contribution >= 0.6 is 0 Å². The summed E-state index contributed by atoms with van der Waals surface area (Å²) in [7, 11) is 6.79. The third-order valence-electron chi connectivity index (χ3n) is 4.95. The van der Waals surface area contributed by atoms with Crippen LogP contribution in [-0.4, -0.2) is 61.2 Å². The molecule has 120 valence electrons. The molecule has 0 heterocycles. The van der Waals surface area contributed by atoms with Crippen molar-refractivity contribution in [2.24, 2.45) is 5.92 Å². The molecule has 0 radical (unpaired) electrons. The van der Waals surface area contributed by atoms with Crippen molar-refractivity contribution in [2.75, 3.05) is 34.2 Å². The molecule has 1 aliphatic carbocycles. The number of rotatable bonds is 7. The SMILES string of the molecule is CC(C)C(CNC(C)(C)C)N(C)CC1(N(C)C)CCC1. The van der Waals surface area contributed by atoms with E-state index >= 15 is 0 Å². The van der Waals surface area contributed by atoms with Crippen molar-refractivity contribution in [3.8, 4) is 0 Å². The fourth-order valence-corrected chi connectivity index (χ4v) is 3.22. The summed E-state index contributed by atoms with van der Waals surface area (Å²) < 4.78 is 0. The summed E-state index contributed by atoms with van der Waals surface area (Å²) in [5, 5.41) is 3.68. The Hall–Kier alpha value is -0.120. The number of likely N-dealkylation sites (N-methyl/N-ethyl adjacent to an activating group) is 2. The molecule has 20 heavy (non-hydrogen) atoms. The lowest BCUT2D eigenvalue weighted by Gasteiger charge is -2.51. The molecule has 0 aromatic heterocycles. The van der Waals surface area contributed by atoms with Crippen molar-refractivity contribution < 1.29 is 0 Å². The molecule has 1 aliphatic rings. The Bertz CT molecular complexity index is 287. The molecular weight excluding hydrogens is 246 g/mol. The maximum Gasteiger partial charge on any atom is 0.0330 e. The molecule has 1 N–H and O–H groups in total. The highest BCUT2D eigenvalue weighted by atomic mass is 15.2. The van der Waals surface area contributed by atoms with E-state index in [0.29, 0.717) is 17.5 Å². The van der Waals surface area contributed by atoms with Gasteiger partial charge in [0.25, 0.3) is 0 Å². The van der Waals surface area contributed by atoms with Crippen molar-refractivity contribution in [3.05, 3.63) is 0 Å². The van der Waals surface area contributed by atoms with E-state index in [4.69, 9.17) is 0 Å². The number of hydrogen-bond donors (Lipinski definition) is 1. The summed E-state index contributed by atoms with van der Waals surface area (Å²) in [6.07, 6.45) is 4.09. The molecule has 1 rings (SSSR count). The maximum atomic E-state index is 3.68. The van der Waals surface area contributed by atoms with Crippen molar-refractivity contribution in [2.45, 2.75) is 71.0 Å². The van der Waals surface area contributed by atoms with Gasteiger partial charge in [-0.1, -0.05) is 13.8 Å². The first-order valence-corrected chi connectivity index (χ1v) is 8.20. The van der Waals surface area contributed by atoms with Crippen LogP contribution in [0.2, 0.25) is 0 Å². The molecule has 0 aliphatic heterocycles. The van der Waals surface area contributed by atoms with Gasteiger partial charge in [-0.25, -0.2) is 0 Å². The summed E-state index contributed by atoms with van der Waals surface area (Å²) in [6, 6.07) is 0.603. The first kappa shape index (κ1) is 17.9. The second kappa shape index (κ2) is 6.76. The third kappa shape index (κ3) is 4.71. The predicted octanol–water partition coefficient (Wildman–Crippen LogP) is 2.82.